The molecule has 6 heteroatoms. The van der Waals surface area contributed by atoms with E-state index >= 15 is 0 Å². The molecule has 438 valence electrons. The van der Waals surface area contributed by atoms with Crippen LogP contribution in [-0.2, 0) is 28.6 Å². The van der Waals surface area contributed by atoms with Crippen LogP contribution in [0, 0.1) is 0 Å². The molecule has 0 aromatic carbocycles. The van der Waals surface area contributed by atoms with Crippen LogP contribution in [0.5, 0.6) is 0 Å². The Balaban J connectivity index is 3.96. The van der Waals surface area contributed by atoms with E-state index in [4.69, 9.17) is 14.2 Å². The molecule has 0 bridgehead atoms. The molecule has 1 unspecified atom stereocenters. The third-order valence-electron chi connectivity index (χ3n) is 14.8. The minimum atomic E-state index is -0.776. The monoisotopic (exact) mass is 1050 g/mol. The number of carbonyl (C=O) groups is 3. The second kappa shape index (κ2) is 63.9. The summed E-state index contributed by atoms with van der Waals surface area (Å²) >= 11 is 0. The maximum absolute atomic E-state index is 12.8. The van der Waals surface area contributed by atoms with Crippen LogP contribution in [0.15, 0.2) is 48.6 Å². The van der Waals surface area contributed by atoms with E-state index in [-0.39, 0.29) is 31.1 Å². The van der Waals surface area contributed by atoms with Crippen molar-refractivity contribution in [3.63, 3.8) is 0 Å². The maximum Gasteiger partial charge on any atom is 0.306 e. The van der Waals surface area contributed by atoms with Crippen molar-refractivity contribution in [2.24, 2.45) is 0 Å². The summed E-state index contributed by atoms with van der Waals surface area (Å²) in [5, 5.41) is 0. The number of unbranched alkanes of at least 4 members (excludes halogenated alkanes) is 42. The van der Waals surface area contributed by atoms with E-state index in [1.807, 2.05) is 0 Å². The summed E-state index contributed by atoms with van der Waals surface area (Å²) in [6.07, 6.45) is 80.4. The molecule has 0 amide bonds. The summed E-state index contributed by atoms with van der Waals surface area (Å²) in [6, 6.07) is 0. The fourth-order valence-electron chi connectivity index (χ4n) is 9.91. The minimum absolute atomic E-state index is 0.0756. The van der Waals surface area contributed by atoms with Gasteiger partial charge in [-0.1, -0.05) is 326 Å². The average molecular weight is 1050 g/mol. The van der Waals surface area contributed by atoms with Crippen molar-refractivity contribution in [2.75, 3.05) is 13.2 Å². The van der Waals surface area contributed by atoms with Gasteiger partial charge in [-0.15, -0.1) is 0 Å². The Morgan fingerprint density at radius 3 is 0.813 bits per heavy atom. The lowest BCUT2D eigenvalue weighted by atomic mass is 10.0. The van der Waals surface area contributed by atoms with Crippen molar-refractivity contribution in [3.8, 4) is 0 Å². The molecule has 6 nitrogen and oxygen atoms in total. The third-order valence-corrected chi connectivity index (χ3v) is 14.8. The largest absolute Gasteiger partial charge is 0.462 e. The average Bonchev–Trinajstić information content (AvgIpc) is 3.41. The molecule has 0 aliphatic carbocycles. The van der Waals surface area contributed by atoms with Crippen molar-refractivity contribution in [1.29, 1.82) is 0 Å². The van der Waals surface area contributed by atoms with Gasteiger partial charge in [-0.2, -0.15) is 0 Å². The molecule has 0 saturated heterocycles. The number of esters is 3. The Morgan fingerprint density at radius 1 is 0.280 bits per heavy atom. The fraction of sp³-hybridized carbons (Fsp3) is 0.841. The van der Waals surface area contributed by atoms with Crippen LogP contribution in [0.4, 0.5) is 0 Å². The molecule has 0 N–H and O–H groups in total. The highest BCUT2D eigenvalue weighted by molar-refractivity contribution is 5.71. The van der Waals surface area contributed by atoms with Crippen LogP contribution >= 0.6 is 0 Å². The van der Waals surface area contributed by atoms with Gasteiger partial charge in [0.1, 0.15) is 13.2 Å². The van der Waals surface area contributed by atoms with Gasteiger partial charge in [0.05, 0.1) is 0 Å². The zero-order valence-electron chi connectivity index (χ0n) is 50.3. The van der Waals surface area contributed by atoms with Gasteiger partial charge < -0.3 is 14.2 Å². The fourth-order valence-corrected chi connectivity index (χ4v) is 9.91. The lowest BCUT2D eigenvalue weighted by molar-refractivity contribution is -0.167. The summed E-state index contributed by atoms with van der Waals surface area (Å²) in [4.78, 5) is 38.0. The molecule has 0 aliphatic rings. The predicted octanol–water partition coefficient (Wildman–Crippen LogP) is 22.6. The first-order valence-corrected chi connectivity index (χ1v) is 33.1. The summed E-state index contributed by atoms with van der Waals surface area (Å²) in [7, 11) is 0. The zero-order valence-corrected chi connectivity index (χ0v) is 50.3. The van der Waals surface area contributed by atoms with Crippen LogP contribution < -0.4 is 0 Å². The summed E-state index contributed by atoms with van der Waals surface area (Å²) < 4.78 is 16.8. The molecule has 1 atom stereocenters. The quantitative estimate of drug-likeness (QED) is 0.0261. The first-order valence-electron chi connectivity index (χ1n) is 33.1. The number of rotatable bonds is 61. The van der Waals surface area contributed by atoms with Gasteiger partial charge in [0.25, 0.3) is 0 Å². The molecule has 0 rings (SSSR count). The van der Waals surface area contributed by atoms with Crippen molar-refractivity contribution in [3.05, 3.63) is 48.6 Å². The number of carbonyl (C=O) groups excluding carboxylic acids is 3. The van der Waals surface area contributed by atoms with Gasteiger partial charge in [-0.25, -0.2) is 0 Å². The zero-order chi connectivity index (χ0) is 54.3. The number of hydrogen-bond donors (Lipinski definition) is 0. The second-order valence-electron chi connectivity index (χ2n) is 22.4. The van der Waals surface area contributed by atoms with E-state index in [1.54, 1.807) is 0 Å². The highest BCUT2D eigenvalue weighted by Gasteiger charge is 2.19. The Kier molecular flexibility index (Phi) is 61.7. The molecular formula is C69H126O6. The molecule has 0 aromatic heterocycles. The Labute approximate surface area is 467 Å². The normalized spacial score (nSPS) is 12.3. The number of allylic oxidation sites excluding steroid dienone is 8. The van der Waals surface area contributed by atoms with Gasteiger partial charge in [0.2, 0.25) is 0 Å². The van der Waals surface area contributed by atoms with E-state index in [0.717, 1.165) is 96.3 Å². The van der Waals surface area contributed by atoms with Crippen LogP contribution in [-0.4, -0.2) is 37.2 Å². The van der Waals surface area contributed by atoms with E-state index in [0.29, 0.717) is 19.3 Å². The summed E-state index contributed by atoms with van der Waals surface area (Å²) in [5.74, 6) is -0.882. The molecule has 0 aromatic rings. The molecule has 0 aliphatic heterocycles. The summed E-state index contributed by atoms with van der Waals surface area (Å²) in [5.41, 5.74) is 0. The highest BCUT2D eigenvalue weighted by atomic mass is 16.6. The summed E-state index contributed by atoms with van der Waals surface area (Å²) in [6.45, 7) is 6.50. The van der Waals surface area contributed by atoms with E-state index in [2.05, 4.69) is 69.4 Å². The maximum atomic E-state index is 12.8. The van der Waals surface area contributed by atoms with Gasteiger partial charge in [-0.05, 0) is 57.8 Å². The lowest BCUT2D eigenvalue weighted by Crippen LogP contribution is -2.30. The predicted molar refractivity (Wildman–Crippen MR) is 325 cm³/mol. The second-order valence-corrected chi connectivity index (χ2v) is 22.4. The molecule has 0 radical (unpaired) electrons. The molecule has 0 heterocycles. The molecular weight excluding hydrogens is 925 g/mol. The Bertz CT molecular complexity index is 1300. The van der Waals surface area contributed by atoms with Crippen LogP contribution in [0.3, 0.4) is 0 Å². The van der Waals surface area contributed by atoms with Crippen LogP contribution in [0.2, 0.25) is 0 Å². The molecule has 0 fully saturated rings. The molecule has 0 spiro atoms. The van der Waals surface area contributed by atoms with Crippen molar-refractivity contribution >= 4 is 17.9 Å². The van der Waals surface area contributed by atoms with Gasteiger partial charge in [-0.3, -0.25) is 14.4 Å². The minimum Gasteiger partial charge on any atom is -0.462 e. The number of ether oxygens (including phenoxy) is 3. The standard InChI is InChI=1S/C69H126O6/c1-4-7-10-13-16-18-20-22-24-26-28-29-30-31-32-33-34-35-36-37-38-39-40-42-43-45-47-49-51-53-56-59-62-68(71)74-65-66(64-73-67(70)61-58-55-15-12-9-6-3)75-69(72)63-60-57-54-52-50-48-46-44-41-27-25-23-21-19-17-14-11-8-5-2/h8,11,17,19,23,25,41,44,66H,4-7,9-10,12-16,18,20-22,24,26-40,42-43,45-65H2,1-3H3/b11-8-,19-17-,25-23-,44-41-. The van der Waals surface area contributed by atoms with E-state index in [9.17, 15) is 14.4 Å². The molecule has 0 saturated carbocycles. The van der Waals surface area contributed by atoms with Crippen LogP contribution in [0.25, 0.3) is 0 Å². The van der Waals surface area contributed by atoms with E-state index in [1.165, 1.54) is 218 Å². The van der Waals surface area contributed by atoms with Crippen molar-refractivity contribution in [1.82, 2.24) is 0 Å². The first kappa shape index (κ1) is 72.4. The SMILES string of the molecule is CC/C=C\C/C=C\C/C=C\C/C=C\CCCCCCCCC(=O)OC(COC(=O)CCCCCCCC)COC(=O)CCCCCCCCCCCCCCCCCCCCCCCCCCCCCCCCCC. The highest BCUT2D eigenvalue weighted by Crippen LogP contribution is 2.18. The van der Waals surface area contributed by atoms with Gasteiger partial charge >= 0.3 is 17.9 Å². The van der Waals surface area contributed by atoms with Gasteiger partial charge in [0, 0.05) is 19.3 Å². The number of hydrogen-bond acceptors (Lipinski definition) is 6. The Morgan fingerprint density at radius 2 is 0.520 bits per heavy atom. The lowest BCUT2D eigenvalue weighted by Gasteiger charge is -2.18. The van der Waals surface area contributed by atoms with Gasteiger partial charge in [0.15, 0.2) is 6.10 Å². The van der Waals surface area contributed by atoms with Crippen LogP contribution in [0.1, 0.15) is 355 Å². The smallest absolute Gasteiger partial charge is 0.306 e. The van der Waals surface area contributed by atoms with Crippen molar-refractivity contribution in [2.45, 2.75) is 361 Å². The third kappa shape index (κ3) is 62.1. The van der Waals surface area contributed by atoms with Crippen molar-refractivity contribution < 1.29 is 28.6 Å². The first-order chi connectivity index (χ1) is 37.0. The topological polar surface area (TPSA) is 78.9 Å². The molecule has 75 heavy (non-hydrogen) atoms. The van der Waals surface area contributed by atoms with E-state index < -0.39 is 6.10 Å². The Hall–Kier alpha value is -2.63.